The summed E-state index contributed by atoms with van der Waals surface area (Å²) in [6.45, 7) is 10.9. The van der Waals surface area contributed by atoms with Crippen LogP contribution in [0.5, 0.6) is 5.75 Å². The molecular formula is C25H34N2O2. The second-order valence-electron chi connectivity index (χ2n) is 9.88. The minimum atomic E-state index is -0.511. The third-order valence-electron chi connectivity index (χ3n) is 6.39. The number of ether oxygens (including phenoxy) is 1. The monoisotopic (exact) mass is 394 g/mol. The zero-order valence-corrected chi connectivity index (χ0v) is 18.1. The predicted octanol–water partition coefficient (Wildman–Crippen LogP) is 6.27. The maximum Gasteiger partial charge on any atom is 0.235 e. The first-order valence-corrected chi connectivity index (χ1v) is 10.2. The fraction of sp³-hybridized carbons (Fsp3) is 0.400. The fourth-order valence-corrected chi connectivity index (χ4v) is 4.36. The largest absolute Gasteiger partial charge is 0.497 e. The Hall–Kier alpha value is -2.75. The zero-order valence-electron chi connectivity index (χ0n) is 18.1. The van der Waals surface area contributed by atoms with Crippen LogP contribution in [0.15, 0.2) is 48.5 Å². The molecule has 0 spiro atoms. The van der Waals surface area contributed by atoms with Crippen molar-refractivity contribution in [1.29, 1.82) is 0 Å². The Morgan fingerprint density at radius 3 is 2.31 bits per heavy atom. The fourth-order valence-electron chi connectivity index (χ4n) is 4.36. The summed E-state index contributed by atoms with van der Waals surface area (Å²) in [5.74, 6) is 0.855. The molecule has 0 saturated heterocycles. The SMILES string of the molecule is COc1ccc(C2(C(=O)Nc3ccc4[nH]c(C(C)(C)C)cc4c3)CC2(C)C)cc1.[HH].[HH]. The number of amides is 1. The van der Waals surface area contributed by atoms with Crippen LogP contribution in [0, 0.1) is 5.41 Å². The minimum Gasteiger partial charge on any atom is -0.497 e. The van der Waals surface area contributed by atoms with E-state index in [1.54, 1.807) is 7.11 Å². The Morgan fingerprint density at radius 2 is 1.76 bits per heavy atom. The second kappa shape index (κ2) is 6.38. The molecule has 2 N–H and O–H groups in total. The molecular weight excluding hydrogens is 360 g/mol. The van der Waals surface area contributed by atoms with Gasteiger partial charge in [-0.3, -0.25) is 4.79 Å². The third kappa shape index (κ3) is 3.21. The Bertz CT molecular complexity index is 1080. The number of carbonyl (C=O) groups is 1. The van der Waals surface area contributed by atoms with Gasteiger partial charge in [0.25, 0.3) is 0 Å². The minimum absolute atomic E-state index is 0. The number of benzene rings is 2. The number of nitrogens with one attached hydrogen (secondary N) is 2. The third-order valence-corrected chi connectivity index (χ3v) is 6.39. The van der Waals surface area contributed by atoms with Gasteiger partial charge in [0.15, 0.2) is 0 Å². The lowest BCUT2D eigenvalue weighted by atomic mass is 9.87. The van der Waals surface area contributed by atoms with E-state index in [2.05, 4.69) is 57.1 Å². The molecule has 1 unspecified atom stereocenters. The van der Waals surface area contributed by atoms with Crippen LogP contribution in [0.2, 0.25) is 0 Å². The number of rotatable bonds is 4. The molecule has 156 valence electrons. The lowest BCUT2D eigenvalue weighted by Crippen LogP contribution is -2.32. The quantitative estimate of drug-likeness (QED) is 0.548. The Morgan fingerprint density at radius 1 is 1.10 bits per heavy atom. The van der Waals surface area contributed by atoms with Crippen molar-refractivity contribution in [2.45, 2.75) is 51.9 Å². The van der Waals surface area contributed by atoms with E-state index in [9.17, 15) is 4.79 Å². The van der Waals surface area contributed by atoms with E-state index in [1.807, 2.05) is 36.4 Å². The van der Waals surface area contributed by atoms with Crippen LogP contribution < -0.4 is 10.1 Å². The van der Waals surface area contributed by atoms with E-state index in [0.717, 1.165) is 34.3 Å². The van der Waals surface area contributed by atoms with Crippen molar-refractivity contribution in [1.82, 2.24) is 4.98 Å². The standard InChI is InChI=1S/C25H30N2O2.2H2/c1-23(2,3)21-14-16-13-18(9-12-20(16)27-21)26-22(28)25(15-24(25,4)5)17-7-10-19(29-6)11-8-17;;/h7-14,27H,15H2,1-6H3,(H,26,28);2*1H. The van der Waals surface area contributed by atoms with Crippen LogP contribution in [0.4, 0.5) is 5.69 Å². The molecule has 1 aliphatic carbocycles. The number of hydrogen-bond acceptors (Lipinski definition) is 2. The normalized spacial score (nSPS) is 20.5. The van der Waals surface area contributed by atoms with Crippen molar-refractivity contribution in [3.63, 3.8) is 0 Å². The first-order chi connectivity index (χ1) is 13.6. The number of aromatic nitrogens is 1. The van der Waals surface area contributed by atoms with Crippen molar-refractivity contribution >= 4 is 22.5 Å². The summed E-state index contributed by atoms with van der Waals surface area (Å²) in [6.07, 6.45) is 0.832. The molecule has 1 heterocycles. The molecule has 1 saturated carbocycles. The van der Waals surface area contributed by atoms with Crippen LogP contribution in [0.1, 0.15) is 55.2 Å². The molecule has 2 aromatic carbocycles. The number of methoxy groups -OCH3 is 1. The van der Waals surface area contributed by atoms with Crippen LogP contribution in [0.25, 0.3) is 10.9 Å². The summed E-state index contributed by atoms with van der Waals surface area (Å²) < 4.78 is 5.27. The smallest absolute Gasteiger partial charge is 0.235 e. The van der Waals surface area contributed by atoms with Crippen LogP contribution in [-0.4, -0.2) is 18.0 Å². The maximum atomic E-state index is 13.4. The van der Waals surface area contributed by atoms with Gasteiger partial charge in [-0.15, -0.1) is 0 Å². The van der Waals surface area contributed by atoms with Gasteiger partial charge in [0, 0.05) is 30.6 Å². The number of aromatic amines is 1. The summed E-state index contributed by atoms with van der Waals surface area (Å²) in [6, 6.07) is 16.1. The highest BCUT2D eigenvalue weighted by Crippen LogP contribution is 2.64. The number of fused-ring (bicyclic) bond motifs is 1. The Labute approximate surface area is 175 Å². The first-order valence-electron chi connectivity index (χ1n) is 10.2. The van der Waals surface area contributed by atoms with E-state index in [-0.39, 0.29) is 19.6 Å². The van der Waals surface area contributed by atoms with Gasteiger partial charge in [0.05, 0.1) is 12.5 Å². The van der Waals surface area contributed by atoms with Crippen molar-refractivity contribution in [3.8, 4) is 5.75 Å². The van der Waals surface area contributed by atoms with E-state index >= 15 is 0 Å². The van der Waals surface area contributed by atoms with Gasteiger partial charge >= 0.3 is 0 Å². The average Bonchev–Trinajstić information content (AvgIpc) is 3.03. The molecule has 1 amide bonds. The second-order valence-corrected chi connectivity index (χ2v) is 9.88. The van der Waals surface area contributed by atoms with Crippen LogP contribution in [-0.2, 0) is 15.6 Å². The van der Waals surface area contributed by atoms with E-state index in [1.165, 1.54) is 5.69 Å². The number of H-pyrrole nitrogens is 1. The molecule has 1 aromatic heterocycles. The lowest BCUT2D eigenvalue weighted by molar-refractivity contribution is -0.119. The molecule has 1 fully saturated rings. The van der Waals surface area contributed by atoms with Crippen LogP contribution in [0.3, 0.4) is 0 Å². The van der Waals surface area contributed by atoms with E-state index in [4.69, 9.17) is 4.74 Å². The van der Waals surface area contributed by atoms with Gasteiger partial charge in [-0.2, -0.15) is 0 Å². The molecule has 3 aromatic rings. The van der Waals surface area contributed by atoms with Crippen molar-refractivity contribution in [2.24, 2.45) is 5.41 Å². The molecule has 0 bridgehead atoms. The van der Waals surface area contributed by atoms with Crippen LogP contribution >= 0.6 is 0 Å². The molecule has 0 aliphatic heterocycles. The molecule has 1 aliphatic rings. The topological polar surface area (TPSA) is 54.1 Å². The van der Waals surface area contributed by atoms with Gasteiger partial charge in [-0.1, -0.05) is 46.8 Å². The summed E-state index contributed by atoms with van der Waals surface area (Å²) in [4.78, 5) is 16.9. The predicted molar refractivity (Wildman–Crippen MR) is 123 cm³/mol. The molecule has 29 heavy (non-hydrogen) atoms. The van der Waals surface area contributed by atoms with Crippen molar-refractivity contribution in [3.05, 3.63) is 59.8 Å². The van der Waals surface area contributed by atoms with E-state index < -0.39 is 5.41 Å². The molecule has 4 nitrogen and oxygen atoms in total. The average molecular weight is 395 g/mol. The highest BCUT2D eigenvalue weighted by Gasteiger charge is 2.67. The summed E-state index contributed by atoms with van der Waals surface area (Å²) in [7, 11) is 1.65. The molecule has 4 rings (SSSR count). The van der Waals surface area contributed by atoms with E-state index in [0.29, 0.717) is 0 Å². The highest BCUT2D eigenvalue weighted by atomic mass is 16.5. The van der Waals surface area contributed by atoms with Gasteiger partial charge in [0.2, 0.25) is 5.91 Å². The number of anilines is 1. The van der Waals surface area contributed by atoms with Crippen molar-refractivity contribution < 1.29 is 12.4 Å². The summed E-state index contributed by atoms with van der Waals surface area (Å²) in [5.41, 5.74) is 3.61. The highest BCUT2D eigenvalue weighted by molar-refractivity contribution is 6.03. The molecule has 1 atom stereocenters. The van der Waals surface area contributed by atoms with Gasteiger partial charge in [-0.25, -0.2) is 0 Å². The summed E-state index contributed by atoms with van der Waals surface area (Å²) in [5, 5.41) is 4.30. The maximum absolute atomic E-state index is 13.4. The first kappa shape index (κ1) is 19.6. The Balaban J connectivity index is 0.00000171. The lowest BCUT2D eigenvalue weighted by Gasteiger charge is -2.21. The van der Waals surface area contributed by atoms with Gasteiger partial charge in [-0.05, 0) is 53.8 Å². The Kier molecular flexibility index (Phi) is 4.30. The zero-order chi connectivity index (χ0) is 21.0. The van der Waals surface area contributed by atoms with Gasteiger partial charge < -0.3 is 15.0 Å². The molecule has 4 heteroatoms. The number of hydrogen-bond donors (Lipinski definition) is 2. The molecule has 0 radical (unpaired) electrons. The van der Waals surface area contributed by atoms with Crippen molar-refractivity contribution in [2.75, 3.05) is 12.4 Å². The number of carbonyl (C=O) groups excluding carboxylic acids is 1. The summed E-state index contributed by atoms with van der Waals surface area (Å²) >= 11 is 0. The van der Waals surface area contributed by atoms with Gasteiger partial charge in [0.1, 0.15) is 5.75 Å².